The Hall–Kier alpha value is -1.82. The third-order valence-electron chi connectivity index (χ3n) is 2.02. The van der Waals surface area contributed by atoms with Gasteiger partial charge in [0, 0.05) is 32.3 Å². The van der Waals surface area contributed by atoms with Crippen molar-refractivity contribution in [1.29, 1.82) is 0 Å². The van der Waals surface area contributed by atoms with Gasteiger partial charge in [-0.3, -0.25) is 0 Å². The molecule has 1 aromatic rings. The molecule has 0 atom stereocenters. The van der Waals surface area contributed by atoms with E-state index in [1.807, 2.05) is 37.2 Å². The summed E-state index contributed by atoms with van der Waals surface area (Å²) in [5.74, 6) is 3.21. The molecule has 0 heterocycles. The molecule has 0 spiro atoms. The molecule has 0 aliphatic carbocycles. The van der Waals surface area contributed by atoms with Gasteiger partial charge in [-0.25, -0.2) is 0 Å². The van der Waals surface area contributed by atoms with Gasteiger partial charge in [0.05, 0.1) is 12.3 Å². The summed E-state index contributed by atoms with van der Waals surface area (Å²) in [6.45, 7) is 0.498. The average molecular weight is 204 g/mol. The van der Waals surface area contributed by atoms with Crippen molar-refractivity contribution < 1.29 is 4.74 Å². The summed E-state index contributed by atoms with van der Waals surface area (Å²) >= 11 is 0. The highest BCUT2D eigenvalue weighted by Gasteiger charge is 2.03. The van der Waals surface area contributed by atoms with Gasteiger partial charge in [0.15, 0.2) is 0 Å². The highest BCUT2D eigenvalue weighted by Crippen LogP contribution is 2.26. The van der Waals surface area contributed by atoms with Gasteiger partial charge in [0.2, 0.25) is 0 Å². The van der Waals surface area contributed by atoms with Crippen LogP contribution in [0.4, 0.5) is 11.4 Å². The molecule has 2 N–H and O–H groups in total. The molecule has 0 aliphatic heterocycles. The fraction of sp³-hybridized carbons (Fsp3) is 0.333. The quantitative estimate of drug-likeness (QED) is 0.461. The standard InChI is InChI=1S/C12H16N2O/c1-4-5-8-15-12-9-10(14(2)3)6-7-11(12)13/h1,6-7,9H,5,8,13H2,2-3H3. The first-order chi connectivity index (χ1) is 7.15. The van der Waals surface area contributed by atoms with Crippen molar-refractivity contribution in [2.45, 2.75) is 6.42 Å². The van der Waals surface area contributed by atoms with Crippen LogP contribution in [0, 0.1) is 12.3 Å². The molecule has 3 nitrogen and oxygen atoms in total. The number of ether oxygens (including phenoxy) is 1. The Morgan fingerprint density at radius 3 is 2.80 bits per heavy atom. The van der Waals surface area contributed by atoms with Crippen LogP contribution in [0.15, 0.2) is 18.2 Å². The number of terminal acetylenes is 1. The van der Waals surface area contributed by atoms with Crippen LogP contribution in [0.5, 0.6) is 5.75 Å². The highest BCUT2D eigenvalue weighted by atomic mass is 16.5. The Morgan fingerprint density at radius 1 is 1.47 bits per heavy atom. The number of hydrogen-bond donors (Lipinski definition) is 1. The summed E-state index contributed by atoms with van der Waals surface area (Å²) in [6, 6.07) is 5.69. The second kappa shape index (κ2) is 5.16. The lowest BCUT2D eigenvalue weighted by atomic mass is 10.2. The molecule has 0 aliphatic rings. The van der Waals surface area contributed by atoms with Crippen LogP contribution in [-0.2, 0) is 0 Å². The van der Waals surface area contributed by atoms with Gasteiger partial charge < -0.3 is 15.4 Å². The predicted molar refractivity (Wildman–Crippen MR) is 64.1 cm³/mol. The monoisotopic (exact) mass is 204 g/mol. The van der Waals surface area contributed by atoms with Crippen LogP contribution < -0.4 is 15.4 Å². The minimum Gasteiger partial charge on any atom is -0.490 e. The van der Waals surface area contributed by atoms with Gasteiger partial charge in [-0.05, 0) is 12.1 Å². The van der Waals surface area contributed by atoms with Crippen LogP contribution >= 0.6 is 0 Å². The molecule has 0 radical (unpaired) electrons. The summed E-state index contributed by atoms with van der Waals surface area (Å²) in [6.07, 6.45) is 5.73. The van der Waals surface area contributed by atoms with Gasteiger partial charge in [-0.2, -0.15) is 0 Å². The topological polar surface area (TPSA) is 38.5 Å². The van der Waals surface area contributed by atoms with Crippen LogP contribution in [0.1, 0.15) is 6.42 Å². The number of nitrogens with zero attached hydrogens (tertiary/aromatic N) is 1. The van der Waals surface area contributed by atoms with Gasteiger partial charge in [0.1, 0.15) is 5.75 Å². The summed E-state index contributed by atoms with van der Waals surface area (Å²) in [5, 5.41) is 0. The Balaban J connectivity index is 2.77. The lowest BCUT2D eigenvalue weighted by molar-refractivity contribution is 0.329. The zero-order valence-electron chi connectivity index (χ0n) is 9.16. The van der Waals surface area contributed by atoms with Crippen molar-refractivity contribution in [2.24, 2.45) is 0 Å². The van der Waals surface area contributed by atoms with Gasteiger partial charge in [-0.15, -0.1) is 12.3 Å². The third kappa shape index (κ3) is 3.10. The van der Waals surface area contributed by atoms with Gasteiger partial charge in [-0.1, -0.05) is 0 Å². The van der Waals surface area contributed by atoms with Gasteiger partial charge >= 0.3 is 0 Å². The second-order valence-electron chi connectivity index (χ2n) is 3.42. The summed E-state index contributed by atoms with van der Waals surface area (Å²) in [7, 11) is 3.94. The molecular formula is C12H16N2O. The molecule has 80 valence electrons. The summed E-state index contributed by atoms with van der Waals surface area (Å²) in [4.78, 5) is 1.99. The number of benzene rings is 1. The molecular weight excluding hydrogens is 188 g/mol. The van der Waals surface area contributed by atoms with E-state index in [9.17, 15) is 0 Å². The molecule has 0 saturated carbocycles. The van der Waals surface area contributed by atoms with E-state index in [4.69, 9.17) is 16.9 Å². The maximum Gasteiger partial charge on any atom is 0.144 e. The Kier molecular flexibility index (Phi) is 3.87. The lowest BCUT2D eigenvalue weighted by Crippen LogP contribution is -2.09. The minimum absolute atomic E-state index is 0.498. The maximum absolute atomic E-state index is 5.78. The van der Waals surface area contributed by atoms with Crippen molar-refractivity contribution in [1.82, 2.24) is 0 Å². The first-order valence-electron chi connectivity index (χ1n) is 4.78. The van der Waals surface area contributed by atoms with Crippen LogP contribution in [0.3, 0.4) is 0 Å². The van der Waals surface area contributed by atoms with E-state index >= 15 is 0 Å². The average Bonchev–Trinajstić information content (AvgIpc) is 2.20. The molecule has 0 amide bonds. The molecule has 1 rings (SSSR count). The Morgan fingerprint density at radius 2 is 2.20 bits per heavy atom. The first kappa shape index (κ1) is 11.3. The SMILES string of the molecule is C#CCCOc1cc(N(C)C)ccc1N. The van der Waals surface area contributed by atoms with E-state index in [1.165, 1.54) is 0 Å². The fourth-order valence-corrected chi connectivity index (χ4v) is 1.15. The highest BCUT2D eigenvalue weighted by molar-refractivity contribution is 5.61. The zero-order chi connectivity index (χ0) is 11.3. The van der Waals surface area contributed by atoms with Gasteiger partial charge in [0.25, 0.3) is 0 Å². The summed E-state index contributed by atoms with van der Waals surface area (Å²) < 4.78 is 5.47. The smallest absolute Gasteiger partial charge is 0.144 e. The van der Waals surface area contributed by atoms with E-state index in [-0.39, 0.29) is 0 Å². The molecule has 1 aromatic carbocycles. The van der Waals surface area contributed by atoms with E-state index in [2.05, 4.69) is 5.92 Å². The Bertz CT molecular complexity index is 366. The number of hydrogen-bond acceptors (Lipinski definition) is 3. The molecule has 3 heteroatoms. The molecule has 0 saturated heterocycles. The molecule has 0 bridgehead atoms. The lowest BCUT2D eigenvalue weighted by Gasteiger charge is -2.15. The van der Waals surface area contributed by atoms with Crippen molar-refractivity contribution in [3.63, 3.8) is 0 Å². The first-order valence-corrected chi connectivity index (χ1v) is 4.78. The predicted octanol–water partition coefficient (Wildman–Crippen LogP) is 1.74. The van der Waals surface area contributed by atoms with Crippen molar-refractivity contribution in [3.05, 3.63) is 18.2 Å². The summed E-state index contributed by atoms with van der Waals surface area (Å²) in [5.41, 5.74) is 7.47. The van der Waals surface area contributed by atoms with E-state index < -0.39 is 0 Å². The molecule has 0 unspecified atom stereocenters. The van der Waals surface area contributed by atoms with Crippen LogP contribution in [-0.4, -0.2) is 20.7 Å². The largest absolute Gasteiger partial charge is 0.490 e. The number of nitrogen functional groups attached to an aromatic ring is 1. The molecule has 0 fully saturated rings. The van der Waals surface area contributed by atoms with E-state index in [1.54, 1.807) is 0 Å². The number of nitrogens with two attached hydrogens (primary N) is 1. The van der Waals surface area contributed by atoms with E-state index in [0.717, 1.165) is 5.69 Å². The minimum atomic E-state index is 0.498. The van der Waals surface area contributed by atoms with Crippen molar-refractivity contribution in [2.75, 3.05) is 31.3 Å². The molecule has 0 aromatic heterocycles. The van der Waals surface area contributed by atoms with Crippen LogP contribution in [0.2, 0.25) is 0 Å². The molecule has 15 heavy (non-hydrogen) atoms. The van der Waals surface area contributed by atoms with Crippen LogP contribution in [0.25, 0.3) is 0 Å². The van der Waals surface area contributed by atoms with Crippen molar-refractivity contribution in [3.8, 4) is 18.1 Å². The number of anilines is 2. The maximum atomic E-state index is 5.78. The third-order valence-corrected chi connectivity index (χ3v) is 2.02. The van der Waals surface area contributed by atoms with E-state index in [0.29, 0.717) is 24.5 Å². The zero-order valence-corrected chi connectivity index (χ0v) is 9.16. The normalized spacial score (nSPS) is 9.40. The second-order valence-corrected chi connectivity index (χ2v) is 3.42. The fourth-order valence-electron chi connectivity index (χ4n) is 1.15. The van der Waals surface area contributed by atoms with Crippen molar-refractivity contribution >= 4 is 11.4 Å². The Labute approximate surface area is 90.8 Å². The number of rotatable bonds is 4.